The molecule has 1 rings (SSSR count). The number of aromatic nitrogens is 2. The van der Waals surface area contributed by atoms with Crippen LogP contribution in [-0.2, 0) is 19.5 Å². The van der Waals surface area contributed by atoms with Crippen LogP contribution < -0.4 is 10.2 Å². The third kappa shape index (κ3) is 4.31. The molecule has 0 aliphatic rings. The summed E-state index contributed by atoms with van der Waals surface area (Å²) >= 11 is 0. The Morgan fingerprint density at radius 1 is 1.60 bits per heavy atom. The Labute approximate surface area is 101 Å². The van der Waals surface area contributed by atoms with Crippen molar-refractivity contribution in [1.29, 1.82) is 0 Å². The number of ether oxygens (including phenoxy) is 1. The number of nitrogens with zero attached hydrogens (tertiary/aromatic N) is 3. The van der Waals surface area contributed by atoms with E-state index in [0.717, 1.165) is 0 Å². The third-order valence-corrected chi connectivity index (χ3v) is 1.32. The van der Waals surface area contributed by atoms with Crippen molar-refractivity contribution < 1.29 is 29.0 Å². The molecule has 0 radical (unpaired) electrons. The van der Waals surface area contributed by atoms with Gasteiger partial charge in [-0.15, -0.1) is 0 Å². The molecule has 0 aromatic carbocycles. The summed E-state index contributed by atoms with van der Waals surface area (Å²) < 4.78 is 4.81. The Hall–Kier alpha value is -1.07. The van der Waals surface area contributed by atoms with Crippen molar-refractivity contribution in [1.82, 2.24) is 20.4 Å². The van der Waals surface area contributed by atoms with Gasteiger partial charge in [0.1, 0.15) is 5.82 Å². The molecule has 15 heavy (non-hydrogen) atoms. The van der Waals surface area contributed by atoms with E-state index in [1.807, 2.05) is 0 Å². The Bertz CT molecular complexity index is 315. The first-order valence-corrected chi connectivity index (χ1v) is 3.90. The van der Waals surface area contributed by atoms with Crippen molar-refractivity contribution in [2.45, 2.75) is 0 Å². The molecule has 0 saturated heterocycles. The van der Waals surface area contributed by atoms with Gasteiger partial charge in [-0.2, -0.15) is 0 Å². The van der Waals surface area contributed by atoms with E-state index in [-0.39, 0.29) is 31.2 Å². The van der Waals surface area contributed by atoms with Crippen LogP contribution in [0.2, 0.25) is 0 Å². The molecule has 0 aliphatic carbocycles. The van der Waals surface area contributed by atoms with Gasteiger partial charge in [-0.05, 0) is 12.4 Å². The monoisotopic (exact) mass is 259 g/mol. The molecule has 1 aromatic heterocycles. The molecule has 1 amide bonds. The average molecular weight is 261 g/mol. The van der Waals surface area contributed by atoms with Crippen LogP contribution in [0.4, 0.5) is 0 Å². The molecular weight excluding hydrogens is 250 g/mol. The first-order valence-electron chi connectivity index (χ1n) is 3.90. The van der Waals surface area contributed by atoms with Gasteiger partial charge in [0.2, 0.25) is 5.91 Å². The van der Waals surface area contributed by atoms with Crippen LogP contribution in [0.1, 0.15) is 10.6 Å². The van der Waals surface area contributed by atoms with Crippen LogP contribution in [-0.4, -0.2) is 42.1 Å². The van der Waals surface area contributed by atoms with E-state index in [4.69, 9.17) is 4.74 Å². The molecule has 1 aromatic rings. The van der Waals surface area contributed by atoms with Gasteiger partial charge in [0, 0.05) is 39.3 Å². The quantitative estimate of drug-likeness (QED) is 0.450. The topological polar surface area (TPSA) is 67.3 Å². The molecule has 0 saturated carbocycles. The van der Waals surface area contributed by atoms with Gasteiger partial charge in [0.05, 0.1) is 7.11 Å². The zero-order valence-corrected chi connectivity index (χ0v) is 11.9. The molecule has 0 unspecified atom stereocenters. The number of rotatable bonds is 3. The smallest absolute Gasteiger partial charge is 0.246 e. The summed E-state index contributed by atoms with van der Waals surface area (Å²) in [6, 6.07) is 0. The number of amides is 1. The molecule has 1 N–H and O–H groups in total. The Kier molecular flexibility index (Phi) is 5.97. The van der Waals surface area contributed by atoms with E-state index < -0.39 is 0 Å². The van der Waals surface area contributed by atoms with Gasteiger partial charge >= 0.3 is 0 Å². The maximum Gasteiger partial charge on any atom is 0.246 e. The summed E-state index contributed by atoms with van der Waals surface area (Å²) in [5, 5.41) is 1.51. The van der Waals surface area contributed by atoms with Crippen molar-refractivity contribution >= 4 is 5.91 Å². The molecule has 6 nitrogen and oxygen atoms in total. The van der Waals surface area contributed by atoms with Crippen LogP contribution in [0.25, 0.3) is 0 Å². The van der Waals surface area contributed by atoms with Crippen molar-refractivity contribution in [3.63, 3.8) is 0 Å². The van der Waals surface area contributed by atoms with Crippen LogP contribution in [0.3, 0.4) is 0 Å². The summed E-state index contributed by atoms with van der Waals surface area (Å²) in [5.41, 5.74) is 2.51. The Morgan fingerprint density at radius 2 is 2.27 bits per heavy atom. The maximum atomic E-state index is 11.3. The second-order valence-corrected chi connectivity index (χ2v) is 2.71. The summed E-state index contributed by atoms with van der Waals surface area (Å²) in [7, 11) is 4.88. The fourth-order valence-electron chi connectivity index (χ4n) is 0.746. The maximum absolute atomic E-state index is 11.3. The van der Waals surface area contributed by atoms with Gasteiger partial charge in [0.15, 0.2) is 0 Å². The fraction of sp³-hybridized carbons (Fsp3) is 0.375. The van der Waals surface area contributed by atoms with E-state index in [0.29, 0.717) is 5.75 Å². The van der Waals surface area contributed by atoms with Crippen molar-refractivity contribution in [2.75, 3.05) is 21.2 Å². The molecule has 0 fully saturated rings. The van der Waals surface area contributed by atoms with E-state index in [1.54, 1.807) is 14.1 Å². The standard InChI is InChI=1S/C8H11N4O2.Zn/c1-12(2)11-8(13)7-9-4-6(14-3)5-10-7;/h4H,1-3H3,(H,11,13);/q-1;. The van der Waals surface area contributed by atoms with E-state index in [1.165, 1.54) is 18.3 Å². The zero-order valence-electron chi connectivity index (χ0n) is 8.94. The fourth-order valence-corrected chi connectivity index (χ4v) is 0.746. The minimum Gasteiger partial charge on any atom is -0.520 e. The first-order chi connectivity index (χ1) is 6.63. The molecule has 0 bridgehead atoms. The van der Waals surface area contributed by atoms with Crippen molar-refractivity contribution in [3.05, 3.63) is 18.2 Å². The minimum absolute atomic E-state index is 0. The second-order valence-electron chi connectivity index (χ2n) is 2.71. The third-order valence-electron chi connectivity index (χ3n) is 1.32. The summed E-state index contributed by atoms with van der Waals surface area (Å²) in [6.07, 6.45) is 3.91. The van der Waals surface area contributed by atoms with Gasteiger partial charge in [-0.3, -0.25) is 10.2 Å². The number of nitrogens with one attached hydrogen (secondary N) is 1. The number of carbonyl (C=O) groups excluding carboxylic acids is 1. The Morgan fingerprint density at radius 3 is 2.67 bits per heavy atom. The molecule has 78 valence electrons. The molecular formula is C8H11N4O2Zn-. The number of methoxy groups -OCH3 is 1. The van der Waals surface area contributed by atoms with Crippen molar-refractivity contribution in [3.8, 4) is 5.75 Å². The van der Waals surface area contributed by atoms with Crippen LogP contribution in [0.15, 0.2) is 6.20 Å². The predicted molar refractivity (Wildman–Crippen MR) is 48.6 cm³/mol. The molecule has 0 aliphatic heterocycles. The normalized spacial score (nSPS) is 9.33. The van der Waals surface area contributed by atoms with Gasteiger partial charge in [-0.1, -0.05) is 0 Å². The van der Waals surface area contributed by atoms with Gasteiger partial charge in [-0.25, -0.2) is 5.01 Å². The number of carbonyl (C=O) groups is 1. The van der Waals surface area contributed by atoms with E-state index in [2.05, 4.69) is 21.6 Å². The van der Waals surface area contributed by atoms with E-state index >= 15 is 0 Å². The van der Waals surface area contributed by atoms with E-state index in [9.17, 15) is 4.79 Å². The van der Waals surface area contributed by atoms with Crippen LogP contribution in [0.5, 0.6) is 5.75 Å². The minimum atomic E-state index is -0.381. The SMILES string of the molecule is COc1[c-]nc(C(=O)NN(C)C)nc1.[Zn]. The molecule has 7 heteroatoms. The van der Waals surface area contributed by atoms with Crippen LogP contribution >= 0.6 is 0 Å². The number of hydrogen-bond donors (Lipinski definition) is 1. The van der Waals surface area contributed by atoms with Gasteiger partial charge in [0.25, 0.3) is 0 Å². The number of hydrogen-bond acceptors (Lipinski definition) is 5. The first kappa shape index (κ1) is 13.9. The molecule has 0 spiro atoms. The Balaban J connectivity index is 0.00000196. The van der Waals surface area contributed by atoms with Crippen LogP contribution in [0, 0.1) is 6.20 Å². The zero-order chi connectivity index (χ0) is 10.6. The summed E-state index contributed by atoms with van der Waals surface area (Å²) in [4.78, 5) is 18.8. The number of hydrazine groups is 1. The molecule has 0 atom stereocenters. The van der Waals surface area contributed by atoms with Gasteiger partial charge < -0.3 is 14.7 Å². The summed E-state index contributed by atoms with van der Waals surface area (Å²) in [5.74, 6) is 0.0693. The molecule has 1 heterocycles. The van der Waals surface area contributed by atoms with Crippen molar-refractivity contribution in [2.24, 2.45) is 0 Å². The summed E-state index contributed by atoms with van der Waals surface area (Å²) in [6.45, 7) is 0. The second kappa shape index (κ2) is 6.42. The predicted octanol–water partition coefficient (Wildman–Crippen LogP) is -0.511. The largest absolute Gasteiger partial charge is 0.520 e. The average Bonchev–Trinajstić information content (AvgIpc) is 2.17.